The van der Waals surface area contributed by atoms with Gasteiger partial charge in [0.15, 0.2) is 5.96 Å². The van der Waals surface area contributed by atoms with E-state index in [9.17, 15) is 4.79 Å². The number of aliphatic imine (C=N–C) groups is 1. The van der Waals surface area contributed by atoms with Crippen LogP contribution in [0, 0.1) is 5.92 Å². The summed E-state index contributed by atoms with van der Waals surface area (Å²) in [6.45, 7) is 9.05. The Kier molecular flexibility index (Phi) is 8.58. The quantitative estimate of drug-likeness (QED) is 0.407. The van der Waals surface area contributed by atoms with Crippen molar-refractivity contribution in [1.29, 1.82) is 0 Å². The molecule has 1 aromatic carbocycles. The summed E-state index contributed by atoms with van der Waals surface area (Å²) in [6, 6.07) is 8.39. The SMILES string of the molecule is CCNC(=NCC1(c2ccc(OC)cc2)CCOCC1)N1CCC(C(=O)OCC)CC1. The van der Waals surface area contributed by atoms with Gasteiger partial charge in [0.1, 0.15) is 5.75 Å². The second-order valence-corrected chi connectivity index (χ2v) is 8.30. The maximum Gasteiger partial charge on any atom is 0.309 e. The lowest BCUT2D eigenvalue weighted by atomic mass is 9.74. The zero-order chi connectivity index (χ0) is 22.1. The molecule has 0 unspecified atom stereocenters. The van der Waals surface area contributed by atoms with Crippen molar-refractivity contribution in [1.82, 2.24) is 10.2 Å². The number of carbonyl (C=O) groups excluding carboxylic acids is 1. The van der Waals surface area contributed by atoms with Crippen LogP contribution in [0.1, 0.15) is 45.1 Å². The number of piperidine rings is 1. The number of esters is 1. The molecular weight excluding hydrogens is 394 g/mol. The van der Waals surface area contributed by atoms with E-state index < -0.39 is 0 Å². The molecule has 2 aliphatic heterocycles. The Morgan fingerprint density at radius 2 is 1.87 bits per heavy atom. The van der Waals surface area contributed by atoms with Crippen molar-refractivity contribution in [3.05, 3.63) is 29.8 Å². The molecule has 0 aliphatic carbocycles. The highest BCUT2D eigenvalue weighted by molar-refractivity contribution is 5.80. The fourth-order valence-corrected chi connectivity index (χ4v) is 4.48. The second kappa shape index (κ2) is 11.4. The largest absolute Gasteiger partial charge is 0.497 e. The number of hydrogen-bond donors (Lipinski definition) is 1. The minimum Gasteiger partial charge on any atom is -0.497 e. The van der Waals surface area contributed by atoms with Gasteiger partial charge in [-0.05, 0) is 57.2 Å². The van der Waals surface area contributed by atoms with Crippen LogP contribution in [0.2, 0.25) is 0 Å². The molecule has 0 atom stereocenters. The first-order valence-electron chi connectivity index (χ1n) is 11.5. The highest BCUT2D eigenvalue weighted by Crippen LogP contribution is 2.36. The summed E-state index contributed by atoms with van der Waals surface area (Å²) in [4.78, 5) is 19.4. The Hall–Kier alpha value is -2.28. The highest BCUT2D eigenvalue weighted by atomic mass is 16.5. The van der Waals surface area contributed by atoms with Crippen LogP contribution in [0.5, 0.6) is 5.75 Å². The Morgan fingerprint density at radius 3 is 2.45 bits per heavy atom. The topological polar surface area (TPSA) is 72.4 Å². The molecule has 3 rings (SSSR count). The molecule has 0 aromatic heterocycles. The number of rotatable bonds is 7. The summed E-state index contributed by atoms with van der Waals surface area (Å²) >= 11 is 0. The van der Waals surface area contributed by atoms with E-state index in [0.717, 1.165) is 70.2 Å². The van der Waals surface area contributed by atoms with Gasteiger partial charge >= 0.3 is 5.97 Å². The monoisotopic (exact) mass is 431 g/mol. The van der Waals surface area contributed by atoms with Gasteiger partial charge in [-0.3, -0.25) is 9.79 Å². The molecular formula is C24H37N3O4. The van der Waals surface area contributed by atoms with E-state index in [4.69, 9.17) is 19.2 Å². The smallest absolute Gasteiger partial charge is 0.309 e. The number of carbonyl (C=O) groups is 1. The lowest BCUT2D eigenvalue weighted by molar-refractivity contribution is -0.149. The normalized spacial score (nSPS) is 19.7. The summed E-state index contributed by atoms with van der Waals surface area (Å²) < 4.78 is 16.2. The third kappa shape index (κ3) is 5.91. The van der Waals surface area contributed by atoms with E-state index in [1.165, 1.54) is 5.56 Å². The molecule has 0 spiro atoms. The van der Waals surface area contributed by atoms with Crippen molar-refractivity contribution in [2.45, 2.75) is 44.9 Å². The zero-order valence-electron chi connectivity index (χ0n) is 19.2. The number of methoxy groups -OCH3 is 1. The van der Waals surface area contributed by atoms with Gasteiger partial charge in [-0.1, -0.05) is 12.1 Å². The predicted octanol–water partition coefficient (Wildman–Crippen LogP) is 2.98. The Balaban J connectivity index is 1.73. The number of likely N-dealkylation sites (tertiary alicyclic amines) is 1. The zero-order valence-corrected chi connectivity index (χ0v) is 19.2. The Morgan fingerprint density at radius 1 is 1.19 bits per heavy atom. The number of ether oxygens (including phenoxy) is 3. The first-order chi connectivity index (χ1) is 15.1. The van der Waals surface area contributed by atoms with Gasteiger partial charge in [-0.25, -0.2) is 0 Å². The van der Waals surface area contributed by atoms with E-state index in [0.29, 0.717) is 13.2 Å². The van der Waals surface area contributed by atoms with Crippen LogP contribution in [0.25, 0.3) is 0 Å². The summed E-state index contributed by atoms with van der Waals surface area (Å²) in [5.41, 5.74) is 1.26. The summed E-state index contributed by atoms with van der Waals surface area (Å²) in [6.07, 6.45) is 3.52. The summed E-state index contributed by atoms with van der Waals surface area (Å²) in [7, 11) is 1.69. The number of nitrogens with zero attached hydrogens (tertiary/aromatic N) is 2. The molecule has 7 nitrogen and oxygen atoms in total. The van der Waals surface area contributed by atoms with Crippen LogP contribution < -0.4 is 10.1 Å². The van der Waals surface area contributed by atoms with Crippen molar-refractivity contribution in [3.8, 4) is 5.75 Å². The average molecular weight is 432 g/mol. The molecule has 2 fully saturated rings. The summed E-state index contributed by atoms with van der Waals surface area (Å²) in [5, 5.41) is 3.46. The van der Waals surface area contributed by atoms with Crippen molar-refractivity contribution in [3.63, 3.8) is 0 Å². The minimum absolute atomic E-state index is 0.000195. The van der Waals surface area contributed by atoms with E-state index in [2.05, 4.69) is 29.3 Å². The van der Waals surface area contributed by atoms with Gasteiger partial charge in [0.2, 0.25) is 0 Å². The average Bonchev–Trinajstić information content (AvgIpc) is 2.82. The van der Waals surface area contributed by atoms with Crippen LogP contribution >= 0.6 is 0 Å². The second-order valence-electron chi connectivity index (χ2n) is 8.30. The van der Waals surface area contributed by atoms with Gasteiger partial charge in [0.25, 0.3) is 0 Å². The van der Waals surface area contributed by atoms with Gasteiger partial charge in [0, 0.05) is 38.3 Å². The fourth-order valence-electron chi connectivity index (χ4n) is 4.48. The highest BCUT2D eigenvalue weighted by Gasteiger charge is 2.35. The van der Waals surface area contributed by atoms with E-state index in [1.807, 2.05) is 19.1 Å². The molecule has 2 aliphatic rings. The minimum atomic E-state index is -0.0650. The molecule has 7 heteroatoms. The Labute approximate surface area is 186 Å². The van der Waals surface area contributed by atoms with E-state index in [-0.39, 0.29) is 17.3 Å². The molecule has 2 saturated heterocycles. The Bertz CT molecular complexity index is 721. The molecule has 31 heavy (non-hydrogen) atoms. The third-order valence-electron chi connectivity index (χ3n) is 6.43. The van der Waals surface area contributed by atoms with E-state index in [1.54, 1.807) is 7.11 Å². The van der Waals surface area contributed by atoms with Crippen LogP contribution in [0.4, 0.5) is 0 Å². The standard InChI is InChI=1S/C24H37N3O4/c1-4-25-23(27-14-10-19(11-15-27)22(28)31-5-2)26-18-24(12-16-30-17-13-24)20-6-8-21(29-3)9-7-20/h6-9,19H,4-5,10-18H2,1-3H3,(H,25,26). The van der Waals surface area contributed by atoms with Crippen LogP contribution in [-0.2, 0) is 19.7 Å². The van der Waals surface area contributed by atoms with Crippen molar-refractivity contribution < 1.29 is 19.0 Å². The molecule has 0 amide bonds. The molecule has 0 radical (unpaired) electrons. The van der Waals surface area contributed by atoms with Crippen LogP contribution in [-0.4, -0.2) is 69.9 Å². The van der Waals surface area contributed by atoms with Gasteiger partial charge in [0.05, 0.1) is 26.2 Å². The van der Waals surface area contributed by atoms with Gasteiger partial charge in [-0.15, -0.1) is 0 Å². The first-order valence-corrected chi connectivity index (χ1v) is 11.5. The van der Waals surface area contributed by atoms with Gasteiger partial charge in [-0.2, -0.15) is 0 Å². The molecule has 2 heterocycles. The molecule has 0 saturated carbocycles. The lowest BCUT2D eigenvalue weighted by Gasteiger charge is -2.38. The number of guanidine groups is 1. The maximum absolute atomic E-state index is 12.1. The maximum atomic E-state index is 12.1. The van der Waals surface area contributed by atoms with Crippen molar-refractivity contribution in [2.75, 3.05) is 53.1 Å². The molecule has 1 aromatic rings. The van der Waals surface area contributed by atoms with Crippen LogP contribution in [0.3, 0.4) is 0 Å². The van der Waals surface area contributed by atoms with Crippen molar-refractivity contribution in [2.24, 2.45) is 10.9 Å². The third-order valence-corrected chi connectivity index (χ3v) is 6.43. The number of hydrogen-bond acceptors (Lipinski definition) is 5. The number of nitrogens with one attached hydrogen (secondary N) is 1. The molecule has 172 valence electrons. The molecule has 1 N–H and O–H groups in total. The number of benzene rings is 1. The van der Waals surface area contributed by atoms with Gasteiger partial charge < -0.3 is 24.4 Å². The first kappa shape index (κ1) is 23.4. The van der Waals surface area contributed by atoms with Crippen LogP contribution in [0.15, 0.2) is 29.3 Å². The fraction of sp³-hybridized carbons (Fsp3) is 0.667. The molecule has 0 bridgehead atoms. The predicted molar refractivity (Wildman–Crippen MR) is 122 cm³/mol. The van der Waals surface area contributed by atoms with E-state index >= 15 is 0 Å². The summed E-state index contributed by atoms with van der Waals surface area (Å²) in [5.74, 6) is 1.74. The lowest BCUT2D eigenvalue weighted by Crippen LogP contribution is -2.47. The van der Waals surface area contributed by atoms with Crippen molar-refractivity contribution >= 4 is 11.9 Å².